The number of carbonyl (C=O) groups is 2. The van der Waals surface area contributed by atoms with Crippen LogP contribution in [0.15, 0.2) is 52.3 Å². The monoisotopic (exact) mass is 543 g/mol. The molecule has 0 fully saturated rings. The maximum atomic E-state index is 14.1. The quantitative estimate of drug-likeness (QED) is 0.367. The number of primary amides is 1. The van der Waals surface area contributed by atoms with E-state index in [4.69, 9.17) is 10.5 Å². The van der Waals surface area contributed by atoms with Crippen molar-refractivity contribution in [2.45, 2.75) is 31.5 Å². The lowest BCUT2D eigenvalue weighted by Gasteiger charge is -2.29. The zero-order valence-corrected chi connectivity index (χ0v) is 21.7. The molecule has 0 unspecified atom stereocenters. The van der Waals surface area contributed by atoms with Gasteiger partial charge in [0.15, 0.2) is 11.6 Å². The van der Waals surface area contributed by atoms with Gasteiger partial charge in [-0.25, -0.2) is 23.3 Å². The molecule has 4 amide bonds. The first-order chi connectivity index (χ1) is 18.2. The molecule has 2 aromatic carbocycles. The number of aryl methyl sites for hydroxylation is 2. The standard InChI is InChI=1S/C26H27F2N5O4S/c1-15-9-16(10-21(27)22(15)28)12-32(14-30-19-3-5-20(37-2)6-4-19)26(36)33(25(29)35)13-18-11-17-7-8-38-24(17)31-23(18)34/h3-6,9-11,30H,7-8,12-14H2,1-2H3,(H2,29,35)(H,31,34). The number of carbonyl (C=O) groups excluding carboxylic acids is 2. The van der Waals surface area contributed by atoms with Gasteiger partial charge in [-0.1, -0.05) is 6.07 Å². The summed E-state index contributed by atoms with van der Waals surface area (Å²) >= 11 is 1.53. The fourth-order valence-corrected chi connectivity index (χ4v) is 5.11. The molecule has 4 rings (SSSR count). The van der Waals surface area contributed by atoms with Gasteiger partial charge in [-0.05, 0) is 66.4 Å². The normalized spacial score (nSPS) is 12.1. The van der Waals surface area contributed by atoms with Crippen molar-refractivity contribution in [1.29, 1.82) is 0 Å². The molecule has 2 heterocycles. The lowest BCUT2D eigenvalue weighted by atomic mass is 10.1. The number of rotatable bonds is 8. The summed E-state index contributed by atoms with van der Waals surface area (Å²) in [6.07, 6.45) is 0.752. The van der Waals surface area contributed by atoms with Gasteiger partial charge >= 0.3 is 12.1 Å². The van der Waals surface area contributed by atoms with Gasteiger partial charge in [0, 0.05) is 23.5 Å². The van der Waals surface area contributed by atoms with Crippen LogP contribution in [0.25, 0.3) is 0 Å². The highest BCUT2D eigenvalue weighted by Gasteiger charge is 2.27. The Hall–Kier alpha value is -4.06. The van der Waals surface area contributed by atoms with E-state index in [-0.39, 0.29) is 30.9 Å². The number of anilines is 1. The molecule has 38 heavy (non-hydrogen) atoms. The summed E-state index contributed by atoms with van der Waals surface area (Å²) in [5, 5.41) is 3.85. The molecule has 0 aliphatic carbocycles. The topological polar surface area (TPSA) is 121 Å². The molecule has 0 saturated carbocycles. The van der Waals surface area contributed by atoms with Crippen molar-refractivity contribution < 1.29 is 23.1 Å². The summed E-state index contributed by atoms with van der Waals surface area (Å²) in [5.41, 5.74) is 7.31. The fourth-order valence-electron chi connectivity index (χ4n) is 4.08. The first kappa shape index (κ1) is 27.0. The van der Waals surface area contributed by atoms with Crippen LogP contribution in [0.4, 0.5) is 24.1 Å². The number of fused-ring (bicyclic) bond motifs is 1. The molecule has 0 atom stereocenters. The fraction of sp³-hybridized carbons (Fsp3) is 0.269. The van der Waals surface area contributed by atoms with Gasteiger partial charge in [0.2, 0.25) is 0 Å². The molecule has 0 spiro atoms. The molecule has 1 aromatic heterocycles. The van der Waals surface area contributed by atoms with E-state index in [1.54, 1.807) is 30.3 Å². The van der Waals surface area contributed by atoms with E-state index in [1.807, 2.05) is 0 Å². The van der Waals surface area contributed by atoms with Crippen LogP contribution in [0.3, 0.4) is 0 Å². The van der Waals surface area contributed by atoms with Crippen LogP contribution in [-0.4, -0.2) is 46.4 Å². The van der Waals surface area contributed by atoms with Crippen LogP contribution in [0.2, 0.25) is 0 Å². The number of hydrogen-bond acceptors (Lipinski definition) is 6. The first-order valence-electron chi connectivity index (χ1n) is 11.7. The van der Waals surface area contributed by atoms with Crippen molar-refractivity contribution in [3.63, 3.8) is 0 Å². The van der Waals surface area contributed by atoms with Crippen LogP contribution in [0.5, 0.6) is 5.75 Å². The maximum absolute atomic E-state index is 14.1. The Balaban J connectivity index is 1.61. The zero-order chi connectivity index (χ0) is 27.4. The lowest BCUT2D eigenvalue weighted by molar-refractivity contribution is 0.155. The van der Waals surface area contributed by atoms with Crippen molar-refractivity contribution in [3.05, 3.63) is 86.7 Å². The van der Waals surface area contributed by atoms with E-state index >= 15 is 0 Å². The van der Waals surface area contributed by atoms with Crippen molar-refractivity contribution in [1.82, 2.24) is 14.8 Å². The average molecular weight is 544 g/mol. The molecule has 4 N–H and O–H groups in total. The molecule has 1 aliphatic heterocycles. The summed E-state index contributed by atoms with van der Waals surface area (Å²) < 4.78 is 33.1. The molecule has 3 aromatic rings. The highest BCUT2D eigenvalue weighted by Crippen LogP contribution is 2.28. The zero-order valence-electron chi connectivity index (χ0n) is 20.8. The molecule has 0 bridgehead atoms. The third kappa shape index (κ3) is 6.08. The van der Waals surface area contributed by atoms with Gasteiger partial charge in [0.25, 0.3) is 5.56 Å². The number of halogens is 2. The van der Waals surface area contributed by atoms with Crippen molar-refractivity contribution >= 4 is 29.5 Å². The highest BCUT2D eigenvalue weighted by atomic mass is 32.2. The van der Waals surface area contributed by atoms with Crippen LogP contribution in [-0.2, 0) is 19.5 Å². The van der Waals surface area contributed by atoms with E-state index in [9.17, 15) is 23.2 Å². The molecule has 200 valence electrons. The van der Waals surface area contributed by atoms with Crippen molar-refractivity contribution in [2.75, 3.05) is 24.8 Å². The number of thioether (sulfide) groups is 1. The van der Waals surface area contributed by atoms with Crippen molar-refractivity contribution in [2.24, 2.45) is 5.73 Å². The van der Waals surface area contributed by atoms with Gasteiger partial charge < -0.3 is 25.7 Å². The summed E-state index contributed by atoms with van der Waals surface area (Å²) in [5.74, 6) is -0.565. The summed E-state index contributed by atoms with van der Waals surface area (Å²) in [7, 11) is 1.54. The van der Waals surface area contributed by atoms with Gasteiger partial charge in [0.05, 0.1) is 25.3 Å². The van der Waals surface area contributed by atoms with Gasteiger partial charge in [-0.15, -0.1) is 11.8 Å². The molecule has 9 nitrogen and oxygen atoms in total. The summed E-state index contributed by atoms with van der Waals surface area (Å²) in [6, 6.07) is 9.14. The minimum atomic E-state index is -1.06. The average Bonchev–Trinajstić information content (AvgIpc) is 3.34. The second kappa shape index (κ2) is 11.5. The van der Waals surface area contributed by atoms with Crippen LogP contribution < -0.4 is 21.3 Å². The number of benzene rings is 2. The first-order valence-corrected chi connectivity index (χ1v) is 12.7. The number of aromatic amines is 1. The predicted octanol–water partition coefficient (Wildman–Crippen LogP) is 4.19. The minimum Gasteiger partial charge on any atom is -0.497 e. The molecular weight excluding hydrogens is 516 g/mol. The predicted molar refractivity (Wildman–Crippen MR) is 140 cm³/mol. The Morgan fingerprint density at radius 2 is 1.89 bits per heavy atom. The lowest BCUT2D eigenvalue weighted by Crippen LogP contribution is -2.49. The number of amides is 4. The van der Waals surface area contributed by atoms with E-state index in [0.29, 0.717) is 17.0 Å². The van der Waals surface area contributed by atoms with Gasteiger partial charge in [-0.2, -0.15) is 0 Å². The van der Waals surface area contributed by atoms with E-state index in [0.717, 1.165) is 33.7 Å². The molecule has 1 aliphatic rings. The van der Waals surface area contributed by atoms with Crippen molar-refractivity contribution in [3.8, 4) is 5.75 Å². The molecule has 0 saturated heterocycles. The van der Waals surface area contributed by atoms with Crippen LogP contribution >= 0.6 is 11.8 Å². The number of pyridine rings is 1. The Kier molecular flexibility index (Phi) is 8.20. The second-order valence-corrected chi connectivity index (χ2v) is 9.86. The number of nitrogens with two attached hydrogens (primary N) is 1. The largest absolute Gasteiger partial charge is 0.497 e. The van der Waals surface area contributed by atoms with E-state index in [1.165, 1.54) is 36.8 Å². The molecule has 12 heteroatoms. The number of methoxy groups -OCH3 is 1. The summed E-state index contributed by atoms with van der Waals surface area (Å²) in [4.78, 5) is 43.4. The number of hydrogen-bond donors (Lipinski definition) is 3. The third-order valence-electron chi connectivity index (χ3n) is 6.08. The Labute approximate surface area is 222 Å². The number of aromatic nitrogens is 1. The highest BCUT2D eigenvalue weighted by molar-refractivity contribution is 7.99. The number of ether oxygens (including phenoxy) is 1. The SMILES string of the molecule is COc1ccc(NCN(Cc2cc(C)c(F)c(F)c2)C(=O)N(Cc2cc3c([nH]c2=O)SCC3)C(N)=O)cc1. The number of urea groups is 2. The number of nitrogens with zero attached hydrogens (tertiary/aromatic N) is 2. The minimum absolute atomic E-state index is 0.0739. The third-order valence-corrected chi connectivity index (χ3v) is 7.14. The number of imide groups is 1. The van der Waals surface area contributed by atoms with Gasteiger partial charge in [0.1, 0.15) is 5.75 Å². The van der Waals surface area contributed by atoms with E-state index in [2.05, 4.69) is 10.3 Å². The van der Waals surface area contributed by atoms with Crippen LogP contribution in [0, 0.1) is 18.6 Å². The summed E-state index contributed by atoms with van der Waals surface area (Å²) in [6.45, 7) is 0.792. The number of nitrogens with one attached hydrogen (secondary N) is 2. The maximum Gasteiger partial charge on any atom is 0.330 e. The van der Waals surface area contributed by atoms with Crippen LogP contribution in [0.1, 0.15) is 22.3 Å². The molecule has 0 radical (unpaired) electrons. The Morgan fingerprint density at radius 3 is 2.55 bits per heavy atom. The number of H-pyrrole nitrogens is 1. The Morgan fingerprint density at radius 1 is 1.16 bits per heavy atom. The Bertz CT molecular complexity index is 1390. The van der Waals surface area contributed by atoms with E-state index < -0.39 is 29.3 Å². The smallest absolute Gasteiger partial charge is 0.330 e. The molecular formula is C26H27F2N5O4S. The van der Waals surface area contributed by atoms with Gasteiger partial charge in [-0.3, -0.25) is 4.79 Å². The second-order valence-electron chi connectivity index (χ2n) is 8.75.